The third kappa shape index (κ3) is 5.50. The second-order valence-electron chi connectivity index (χ2n) is 4.31. The average molecular weight is 217 g/mol. The predicted octanol–water partition coefficient (Wildman–Crippen LogP) is 1.80. The number of hydrogen-bond donors (Lipinski definition) is 2. The molecule has 0 aliphatic heterocycles. The highest BCUT2D eigenvalue weighted by molar-refractivity contribution is 4.79. The Labute approximate surface area is 94.2 Å². The molecule has 0 bridgehead atoms. The van der Waals surface area contributed by atoms with Gasteiger partial charge in [-0.2, -0.15) is 0 Å². The van der Waals surface area contributed by atoms with Gasteiger partial charge in [-0.05, 0) is 26.7 Å². The topological polar surface area (TPSA) is 41.5 Å². The summed E-state index contributed by atoms with van der Waals surface area (Å²) in [5.74, 6) is 0. The number of rotatable bonds is 9. The molecule has 0 spiro atoms. The molecule has 0 rings (SSSR count). The minimum atomic E-state index is 0.0421. The highest BCUT2D eigenvalue weighted by Gasteiger charge is 2.25. The lowest BCUT2D eigenvalue weighted by molar-refractivity contribution is 0.0925. The van der Waals surface area contributed by atoms with Crippen molar-refractivity contribution in [2.45, 2.75) is 46.6 Å². The minimum Gasteiger partial charge on any atom is -0.396 e. The van der Waals surface area contributed by atoms with Gasteiger partial charge in [0.2, 0.25) is 0 Å². The number of hydrogen-bond acceptors (Lipinski definition) is 3. The summed E-state index contributed by atoms with van der Waals surface area (Å²) in [7, 11) is 0. The van der Waals surface area contributed by atoms with Gasteiger partial charge >= 0.3 is 0 Å². The lowest BCUT2D eigenvalue weighted by Crippen LogP contribution is -2.42. The molecule has 0 aliphatic carbocycles. The van der Waals surface area contributed by atoms with Gasteiger partial charge in [-0.3, -0.25) is 0 Å². The van der Waals surface area contributed by atoms with Crippen LogP contribution in [0.3, 0.4) is 0 Å². The molecule has 1 atom stereocenters. The normalized spacial score (nSPS) is 14.2. The van der Waals surface area contributed by atoms with E-state index in [9.17, 15) is 5.11 Å². The van der Waals surface area contributed by atoms with E-state index in [4.69, 9.17) is 4.74 Å². The van der Waals surface area contributed by atoms with E-state index >= 15 is 0 Å². The van der Waals surface area contributed by atoms with Crippen molar-refractivity contribution >= 4 is 0 Å². The zero-order valence-corrected chi connectivity index (χ0v) is 10.7. The standard InChI is InChI=1S/C12H27NO2/c1-5-12(6-2,10-14)9-13-11(4)8-15-7-3/h11,13-14H,5-10H2,1-4H3. The zero-order valence-electron chi connectivity index (χ0n) is 10.7. The molecule has 0 aromatic rings. The largest absolute Gasteiger partial charge is 0.396 e. The van der Waals surface area contributed by atoms with Crippen molar-refractivity contribution in [1.82, 2.24) is 5.32 Å². The summed E-state index contributed by atoms with van der Waals surface area (Å²) in [6.07, 6.45) is 2.02. The molecule has 0 amide bonds. The molecule has 0 aromatic heterocycles. The maximum Gasteiger partial charge on any atom is 0.0616 e. The van der Waals surface area contributed by atoms with Crippen LogP contribution in [0, 0.1) is 5.41 Å². The second-order valence-corrected chi connectivity index (χ2v) is 4.31. The summed E-state index contributed by atoms with van der Waals surface area (Å²) in [4.78, 5) is 0. The number of nitrogens with one attached hydrogen (secondary N) is 1. The molecule has 0 radical (unpaired) electrons. The van der Waals surface area contributed by atoms with Gasteiger partial charge in [0.25, 0.3) is 0 Å². The maximum atomic E-state index is 9.39. The van der Waals surface area contributed by atoms with E-state index in [1.807, 2.05) is 6.92 Å². The smallest absolute Gasteiger partial charge is 0.0616 e. The molecule has 0 aromatic carbocycles. The Morgan fingerprint density at radius 1 is 1.27 bits per heavy atom. The first-order chi connectivity index (χ1) is 7.14. The van der Waals surface area contributed by atoms with Gasteiger partial charge in [0.1, 0.15) is 0 Å². The fourth-order valence-corrected chi connectivity index (χ4v) is 1.52. The molecule has 0 fully saturated rings. The van der Waals surface area contributed by atoms with E-state index in [0.717, 1.165) is 32.6 Å². The Balaban J connectivity index is 3.88. The molecular formula is C12H27NO2. The summed E-state index contributed by atoms with van der Waals surface area (Å²) in [6, 6.07) is 0.356. The van der Waals surface area contributed by atoms with Crippen LogP contribution in [0.5, 0.6) is 0 Å². The molecule has 0 saturated carbocycles. The van der Waals surface area contributed by atoms with Crippen molar-refractivity contribution in [2.75, 3.05) is 26.4 Å². The average Bonchev–Trinajstić information content (AvgIpc) is 2.29. The number of aliphatic hydroxyl groups is 1. The first-order valence-electron chi connectivity index (χ1n) is 6.06. The van der Waals surface area contributed by atoms with Crippen LogP contribution in [0.4, 0.5) is 0 Å². The van der Waals surface area contributed by atoms with E-state index in [1.165, 1.54) is 0 Å². The van der Waals surface area contributed by atoms with Crippen LogP contribution in [0.15, 0.2) is 0 Å². The third-order valence-electron chi connectivity index (χ3n) is 3.23. The first-order valence-corrected chi connectivity index (χ1v) is 6.06. The van der Waals surface area contributed by atoms with Gasteiger partial charge < -0.3 is 15.2 Å². The van der Waals surface area contributed by atoms with Crippen molar-refractivity contribution in [3.63, 3.8) is 0 Å². The summed E-state index contributed by atoms with van der Waals surface area (Å²) >= 11 is 0. The second kappa shape index (κ2) is 8.08. The summed E-state index contributed by atoms with van der Waals surface area (Å²) < 4.78 is 5.34. The van der Waals surface area contributed by atoms with E-state index in [0.29, 0.717) is 6.04 Å². The predicted molar refractivity (Wildman–Crippen MR) is 64.1 cm³/mol. The molecule has 0 aliphatic rings. The van der Waals surface area contributed by atoms with Crippen LogP contribution in [0.25, 0.3) is 0 Å². The molecule has 0 heterocycles. The molecule has 2 N–H and O–H groups in total. The minimum absolute atomic E-state index is 0.0421. The van der Waals surface area contributed by atoms with Crippen LogP contribution in [-0.4, -0.2) is 37.5 Å². The van der Waals surface area contributed by atoms with E-state index in [1.54, 1.807) is 0 Å². The fraction of sp³-hybridized carbons (Fsp3) is 1.00. The van der Waals surface area contributed by atoms with Crippen molar-refractivity contribution in [1.29, 1.82) is 0 Å². The van der Waals surface area contributed by atoms with Gasteiger partial charge in [0.05, 0.1) is 6.61 Å². The summed E-state index contributed by atoms with van der Waals surface area (Å²) in [5.41, 5.74) is 0.0421. The molecule has 3 nitrogen and oxygen atoms in total. The Bertz CT molecular complexity index is 138. The fourth-order valence-electron chi connectivity index (χ4n) is 1.52. The Hall–Kier alpha value is -0.120. The first kappa shape index (κ1) is 14.9. The van der Waals surface area contributed by atoms with Crippen LogP contribution >= 0.6 is 0 Å². The number of ether oxygens (including phenoxy) is 1. The monoisotopic (exact) mass is 217 g/mol. The van der Waals surface area contributed by atoms with E-state index < -0.39 is 0 Å². The summed E-state index contributed by atoms with van der Waals surface area (Å²) in [6.45, 7) is 11.0. The van der Waals surface area contributed by atoms with Crippen LogP contribution in [0.2, 0.25) is 0 Å². The molecule has 15 heavy (non-hydrogen) atoms. The van der Waals surface area contributed by atoms with Crippen molar-refractivity contribution in [3.8, 4) is 0 Å². The lowest BCUT2D eigenvalue weighted by Gasteiger charge is -2.31. The Kier molecular flexibility index (Phi) is 8.02. The van der Waals surface area contributed by atoms with Crippen LogP contribution < -0.4 is 5.32 Å². The number of aliphatic hydroxyl groups excluding tert-OH is 1. The highest BCUT2D eigenvalue weighted by Crippen LogP contribution is 2.24. The van der Waals surface area contributed by atoms with Crippen molar-refractivity contribution in [2.24, 2.45) is 5.41 Å². The van der Waals surface area contributed by atoms with Gasteiger partial charge in [0.15, 0.2) is 0 Å². The SMILES string of the molecule is CCOCC(C)NCC(CC)(CC)CO. The molecule has 0 saturated heterocycles. The van der Waals surface area contributed by atoms with Gasteiger partial charge in [-0.15, -0.1) is 0 Å². The maximum absolute atomic E-state index is 9.39. The third-order valence-corrected chi connectivity index (χ3v) is 3.23. The van der Waals surface area contributed by atoms with Gasteiger partial charge in [-0.1, -0.05) is 13.8 Å². The molecule has 3 heteroatoms. The quantitative estimate of drug-likeness (QED) is 0.619. The van der Waals surface area contributed by atoms with E-state index in [2.05, 4.69) is 26.1 Å². The highest BCUT2D eigenvalue weighted by atomic mass is 16.5. The summed E-state index contributed by atoms with van der Waals surface area (Å²) in [5, 5.41) is 12.8. The Morgan fingerprint density at radius 2 is 1.87 bits per heavy atom. The van der Waals surface area contributed by atoms with Crippen LogP contribution in [-0.2, 0) is 4.74 Å². The molecule has 92 valence electrons. The molecular weight excluding hydrogens is 190 g/mol. The van der Waals surface area contributed by atoms with Crippen molar-refractivity contribution in [3.05, 3.63) is 0 Å². The van der Waals surface area contributed by atoms with Gasteiger partial charge in [0, 0.05) is 31.2 Å². The van der Waals surface area contributed by atoms with Gasteiger partial charge in [-0.25, -0.2) is 0 Å². The zero-order chi connectivity index (χ0) is 11.7. The Morgan fingerprint density at radius 3 is 2.27 bits per heavy atom. The van der Waals surface area contributed by atoms with E-state index in [-0.39, 0.29) is 12.0 Å². The molecule has 1 unspecified atom stereocenters. The lowest BCUT2D eigenvalue weighted by atomic mass is 9.83. The van der Waals surface area contributed by atoms with Crippen LogP contribution in [0.1, 0.15) is 40.5 Å². The van der Waals surface area contributed by atoms with Crippen molar-refractivity contribution < 1.29 is 9.84 Å².